The van der Waals surface area contributed by atoms with Crippen molar-refractivity contribution in [1.29, 1.82) is 0 Å². The summed E-state index contributed by atoms with van der Waals surface area (Å²) in [5.74, 6) is 0.649. The summed E-state index contributed by atoms with van der Waals surface area (Å²) in [5.41, 5.74) is 2.84. The minimum atomic E-state index is -0.365. The predicted molar refractivity (Wildman–Crippen MR) is 92.7 cm³/mol. The molecule has 0 atom stereocenters. The quantitative estimate of drug-likeness (QED) is 0.808. The van der Waals surface area contributed by atoms with E-state index in [2.05, 4.69) is 16.0 Å². The monoisotopic (exact) mass is 325 g/mol. The summed E-state index contributed by atoms with van der Waals surface area (Å²) in [6, 6.07) is 12.1. The minimum Gasteiger partial charge on any atom is -0.494 e. The molecule has 2 aromatic carbocycles. The molecule has 1 aliphatic heterocycles. The highest BCUT2D eigenvalue weighted by Gasteiger charge is 2.17. The van der Waals surface area contributed by atoms with Gasteiger partial charge in [0.05, 0.1) is 6.61 Å². The zero-order chi connectivity index (χ0) is 16.9. The molecule has 1 aliphatic rings. The lowest BCUT2D eigenvalue weighted by molar-refractivity contribution is 0.0946. The molecule has 0 radical (unpaired) electrons. The highest BCUT2D eigenvalue weighted by Crippen LogP contribution is 2.20. The Labute approximate surface area is 140 Å². The molecule has 0 fully saturated rings. The third kappa shape index (κ3) is 3.65. The van der Waals surface area contributed by atoms with Crippen LogP contribution < -0.4 is 20.7 Å². The highest BCUT2D eigenvalue weighted by molar-refractivity contribution is 6.02. The lowest BCUT2D eigenvalue weighted by atomic mass is 10.00. The summed E-state index contributed by atoms with van der Waals surface area (Å²) < 4.78 is 5.36. The number of anilines is 2. The SMILES string of the molecule is CCOc1ccc(NC(=O)Nc2ccc3c(c2)C(=O)NCC3)cc1. The largest absolute Gasteiger partial charge is 0.494 e. The third-order valence-electron chi connectivity index (χ3n) is 3.72. The van der Waals surface area contributed by atoms with E-state index in [0.717, 1.165) is 17.7 Å². The Morgan fingerprint density at radius 1 is 1.12 bits per heavy atom. The summed E-state index contributed by atoms with van der Waals surface area (Å²) in [4.78, 5) is 23.9. The van der Waals surface area contributed by atoms with Crippen molar-refractivity contribution in [3.8, 4) is 5.75 Å². The molecule has 3 amide bonds. The first-order chi connectivity index (χ1) is 11.7. The van der Waals surface area contributed by atoms with Crippen LogP contribution in [-0.2, 0) is 6.42 Å². The predicted octanol–water partition coefficient (Wildman–Crippen LogP) is 3.02. The summed E-state index contributed by atoms with van der Waals surface area (Å²) in [5, 5.41) is 8.28. The number of ether oxygens (including phenoxy) is 1. The first kappa shape index (κ1) is 15.9. The number of carbonyl (C=O) groups is 2. The molecule has 3 rings (SSSR count). The van der Waals surface area contributed by atoms with E-state index in [1.54, 1.807) is 36.4 Å². The van der Waals surface area contributed by atoms with E-state index in [1.165, 1.54) is 0 Å². The Morgan fingerprint density at radius 2 is 1.83 bits per heavy atom. The van der Waals surface area contributed by atoms with Gasteiger partial charge in [-0.15, -0.1) is 0 Å². The van der Waals surface area contributed by atoms with E-state index >= 15 is 0 Å². The van der Waals surface area contributed by atoms with Crippen LogP contribution in [0.2, 0.25) is 0 Å². The summed E-state index contributed by atoms with van der Waals surface area (Å²) in [6.45, 7) is 3.16. The molecule has 0 aromatic heterocycles. The summed E-state index contributed by atoms with van der Waals surface area (Å²) >= 11 is 0. The van der Waals surface area contributed by atoms with Gasteiger partial charge in [0, 0.05) is 23.5 Å². The molecule has 0 unspecified atom stereocenters. The third-order valence-corrected chi connectivity index (χ3v) is 3.72. The molecular weight excluding hydrogens is 306 g/mol. The first-order valence-electron chi connectivity index (χ1n) is 7.87. The number of amides is 3. The van der Waals surface area contributed by atoms with Crippen molar-refractivity contribution in [1.82, 2.24) is 5.32 Å². The molecule has 6 nitrogen and oxygen atoms in total. The molecule has 124 valence electrons. The van der Waals surface area contributed by atoms with Gasteiger partial charge in [-0.05, 0) is 55.3 Å². The van der Waals surface area contributed by atoms with Gasteiger partial charge < -0.3 is 20.7 Å². The van der Waals surface area contributed by atoms with Crippen LogP contribution in [0.3, 0.4) is 0 Å². The molecule has 0 saturated carbocycles. The van der Waals surface area contributed by atoms with Crippen LogP contribution >= 0.6 is 0 Å². The molecule has 6 heteroatoms. The van der Waals surface area contributed by atoms with Gasteiger partial charge in [0.25, 0.3) is 5.91 Å². The standard InChI is InChI=1S/C18H19N3O3/c1-2-24-15-7-5-13(6-8-15)20-18(23)21-14-4-3-12-9-10-19-17(22)16(12)11-14/h3-8,11H,2,9-10H2,1H3,(H,19,22)(H2,20,21,23). The lowest BCUT2D eigenvalue weighted by Crippen LogP contribution is -2.32. The van der Waals surface area contributed by atoms with Gasteiger partial charge in [0.15, 0.2) is 0 Å². The van der Waals surface area contributed by atoms with Gasteiger partial charge >= 0.3 is 6.03 Å². The van der Waals surface area contributed by atoms with E-state index in [-0.39, 0.29) is 11.9 Å². The van der Waals surface area contributed by atoms with Crippen molar-refractivity contribution >= 4 is 23.3 Å². The van der Waals surface area contributed by atoms with Crippen LogP contribution in [0.5, 0.6) is 5.75 Å². The summed E-state index contributed by atoms with van der Waals surface area (Å²) in [6.07, 6.45) is 0.805. The average Bonchev–Trinajstić information content (AvgIpc) is 2.58. The van der Waals surface area contributed by atoms with E-state index in [1.807, 2.05) is 13.0 Å². The second-order valence-electron chi connectivity index (χ2n) is 5.41. The number of hydrogen-bond acceptors (Lipinski definition) is 3. The number of fused-ring (bicyclic) bond motifs is 1. The van der Waals surface area contributed by atoms with E-state index in [0.29, 0.717) is 30.1 Å². The summed E-state index contributed by atoms with van der Waals surface area (Å²) in [7, 11) is 0. The van der Waals surface area contributed by atoms with Gasteiger partial charge in [-0.25, -0.2) is 4.79 Å². The van der Waals surface area contributed by atoms with E-state index < -0.39 is 0 Å². The molecule has 24 heavy (non-hydrogen) atoms. The van der Waals surface area contributed by atoms with Crippen molar-refractivity contribution in [2.45, 2.75) is 13.3 Å². The van der Waals surface area contributed by atoms with Crippen LogP contribution in [0.1, 0.15) is 22.8 Å². The number of urea groups is 1. The van der Waals surface area contributed by atoms with Gasteiger partial charge in [-0.3, -0.25) is 4.79 Å². The molecular formula is C18H19N3O3. The second-order valence-corrected chi connectivity index (χ2v) is 5.41. The Kier molecular flexibility index (Phi) is 4.65. The first-order valence-corrected chi connectivity index (χ1v) is 7.87. The Morgan fingerprint density at radius 3 is 2.58 bits per heavy atom. The fourth-order valence-electron chi connectivity index (χ4n) is 2.58. The van der Waals surface area contributed by atoms with Gasteiger partial charge in [-0.1, -0.05) is 6.07 Å². The maximum Gasteiger partial charge on any atom is 0.323 e. The number of benzene rings is 2. The molecule has 2 aromatic rings. The Bertz CT molecular complexity index is 757. The molecule has 0 bridgehead atoms. The van der Waals surface area contributed by atoms with Crippen molar-refractivity contribution in [3.05, 3.63) is 53.6 Å². The molecule has 0 aliphatic carbocycles. The Hall–Kier alpha value is -3.02. The molecule has 3 N–H and O–H groups in total. The van der Waals surface area contributed by atoms with Crippen LogP contribution in [-0.4, -0.2) is 25.1 Å². The highest BCUT2D eigenvalue weighted by atomic mass is 16.5. The van der Waals surface area contributed by atoms with Gasteiger partial charge in [0.2, 0.25) is 0 Å². The maximum atomic E-state index is 12.1. The number of hydrogen-bond donors (Lipinski definition) is 3. The second kappa shape index (κ2) is 7.04. The van der Waals surface area contributed by atoms with Gasteiger partial charge in [-0.2, -0.15) is 0 Å². The van der Waals surface area contributed by atoms with Crippen LogP contribution in [0.15, 0.2) is 42.5 Å². The number of carbonyl (C=O) groups excluding carboxylic acids is 2. The average molecular weight is 325 g/mol. The van der Waals surface area contributed by atoms with Crippen LogP contribution in [0, 0.1) is 0 Å². The van der Waals surface area contributed by atoms with Crippen LogP contribution in [0.4, 0.5) is 16.2 Å². The van der Waals surface area contributed by atoms with Crippen molar-refractivity contribution in [2.75, 3.05) is 23.8 Å². The van der Waals surface area contributed by atoms with E-state index in [4.69, 9.17) is 4.74 Å². The van der Waals surface area contributed by atoms with Gasteiger partial charge in [0.1, 0.15) is 5.75 Å². The zero-order valence-corrected chi connectivity index (χ0v) is 13.4. The molecule has 1 heterocycles. The van der Waals surface area contributed by atoms with Crippen LogP contribution in [0.25, 0.3) is 0 Å². The smallest absolute Gasteiger partial charge is 0.323 e. The fraction of sp³-hybridized carbons (Fsp3) is 0.222. The normalized spacial score (nSPS) is 12.8. The van der Waals surface area contributed by atoms with Crippen molar-refractivity contribution in [3.63, 3.8) is 0 Å². The van der Waals surface area contributed by atoms with E-state index in [9.17, 15) is 9.59 Å². The topological polar surface area (TPSA) is 79.5 Å². The number of nitrogens with one attached hydrogen (secondary N) is 3. The lowest BCUT2D eigenvalue weighted by Gasteiger charge is -2.17. The zero-order valence-electron chi connectivity index (χ0n) is 13.4. The maximum absolute atomic E-state index is 12.1. The molecule has 0 spiro atoms. The van der Waals surface area contributed by atoms with Crippen molar-refractivity contribution in [2.24, 2.45) is 0 Å². The minimum absolute atomic E-state index is 0.105. The Balaban J connectivity index is 1.64. The number of rotatable bonds is 4. The molecule has 0 saturated heterocycles. The van der Waals surface area contributed by atoms with Crippen molar-refractivity contribution < 1.29 is 14.3 Å². The fourth-order valence-corrected chi connectivity index (χ4v) is 2.58.